The predicted molar refractivity (Wildman–Crippen MR) is 74.4 cm³/mol. The van der Waals surface area contributed by atoms with Crippen LogP contribution >= 0.6 is 0 Å². The average Bonchev–Trinajstić information content (AvgIpc) is 2.47. The molecule has 1 saturated heterocycles. The molecule has 1 aromatic rings. The second-order valence-electron chi connectivity index (χ2n) is 4.69. The number of hydrogen-bond acceptors (Lipinski definition) is 5. The molecular weight excluding hydrogens is 244 g/mol. The van der Waals surface area contributed by atoms with Crippen LogP contribution in [0.5, 0.6) is 0 Å². The van der Waals surface area contributed by atoms with Crippen LogP contribution in [0.15, 0.2) is 18.2 Å². The van der Waals surface area contributed by atoms with Crippen LogP contribution < -0.4 is 10.6 Å². The molecule has 5 nitrogen and oxygen atoms in total. The molecule has 0 aliphatic carbocycles. The summed E-state index contributed by atoms with van der Waals surface area (Å²) in [6, 6.07) is 5.24. The highest BCUT2D eigenvalue weighted by molar-refractivity contribution is 5.92. The van der Waals surface area contributed by atoms with E-state index in [9.17, 15) is 4.79 Å². The Hall–Kier alpha value is -1.75. The number of esters is 1. The van der Waals surface area contributed by atoms with Crippen LogP contribution in [0.4, 0.5) is 11.4 Å². The summed E-state index contributed by atoms with van der Waals surface area (Å²) >= 11 is 0. The third-order valence-electron chi connectivity index (χ3n) is 3.57. The van der Waals surface area contributed by atoms with Crippen LogP contribution in [0.2, 0.25) is 0 Å². The van der Waals surface area contributed by atoms with E-state index in [2.05, 4.69) is 4.90 Å². The Morgan fingerprint density at radius 2 is 2.00 bits per heavy atom. The fourth-order valence-electron chi connectivity index (χ4n) is 2.39. The van der Waals surface area contributed by atoms with Gasteiger partial charge in [0.1, 0.15) is 0 Å². The fourth-order valence-corrected chi connectivity index (χ4v) is 2.39. The van der Waals surface area contributed by atoms with E-state index in [0.29, 0.717) is 17.4 Å². The monoisotopic (exact) mass is 264 g/mol. The highest BCUT2D eigenvalue weighted by Gasteiger charge is 2.21. The van der Waals surface area contributed by atoms with Crippen molar-refractivity contribution < 1.29 is 14.3 Å². The summed E-state index contributed by atoms with van der Waals surface area (Å²) in [5.41, 5.74) is 8.12. The van der Waals surface area contributed by atoms with Gasteiger partial charge in [0.2, 0.25) is 0 Å². The molecule has 1 aliphatic heterocycles. The summed E-state index contributed by atoms with van der Waals surface area (Å²) < 4.78 is 10.1. The Kier molecular flexibility index (Phi) is 4.27. The Morgan fingerprint density at radius 3 is 2.58 bits per heavy atom. The second kappa shape index (κ2) is 5.93. The molecular formula is C14H20N2O3. The maximum atomic E-state index is 11.6. The maximum Gasteiger partial charge on any atom is 0.337 e. The minimum Gasteiger partial charge on any atom is -0.465 e. The van der Waals surface area contributed by atoms with Gasteiger partial charge in [0.15, 0.2) is 0 Å². The van der Waals surface area contributed by atoms with Crippen molar-refractivity contribution in [3.8, 4) is 0 Å². The largest absolute Gasteiger partial charge is 0.465 e. The number of rotatable bonds is 3. The van der Waals surface area contributed by atoms with Gasteiger partial charge in [0.25, 0.3) is 0 Å². The number of nitrogen functional groups attached to an aromatic ring is 1. The second-order valence-corrected chi connectivity index (χ2v) is 4.69. The molecule has 0 unspecified atom stereocenters. The first-order valence-electron chi connectivity index (χ1n) is 6.41. The lowest BCUT2D eigenvalue weighted by atomic mass is 10.1. The molecule has 1 fully saturated rings. The predicted octanol–water partition coefficient (Wildman–Crippen LogP) is 1.67. The highest BCUT2D eigenvalue weighted by Crippen LogP contribution is 2.28. The minimum absolute atomic E-state index is 0.321. The van der Waals surface area contributed by atoms with Crippen molar-refractivity contribution in [2.75, 3.05) is 37.9 Å². The molecule has 104 valence electrons. The molecule has 5 heteroatoms. The molecule has 0 bridgehead atoms. The lowest BCUT2D eigenvalue weighted by Crippen LogP contribution is -2.37. The van der Waals surface area contributed by atoms with E-state index < -0.39 is 0 Å². The third-order valence-corrected chi connectivity index (χ3v) is 3.57. The summed E-state index contributed by atoms with van der Waals surface area (Å²) in [6.07, 6.45) is 2.26. The molecule has 0 radical (unpaired) electrons. The minimum atomic E-state index is -0.340. The number of nitrogens with two attached hydrogens (primary N) is 1. The number of hydrogen-bond donors (Lipinski definition) is 1. The number of ether oxygens (including phenoxy) is 2. The first kappa shape index (κ1) is 13.7. The van der Waals surface area contributed by atoms with E-state index in [4.69, 9.17) is 15.2 Å². The molecule has 0 amide bonds. The maximum absolute atomic E-state index is 11.6. The van der Waals surface area contributed by atoms with Gasteiger partial charge in [-0.1, -0.05) is 0 Å². The van der Waals surface area contributed by atoms with Crippen molar-refractivity contribution in [2.45, 2.75) is 18.9 Å². The number of carbonyl (C=O) groups is 1. The van der Waals surface area contributed by atoms with Gasteiger partial charge in [-0.2, -0.15) is 0 Å². The van der Waals surface area contributed by atoms with Crippen molar-refractivity contribution in [3.63, 3.8) is 0 Å². The van der Waals surface area contributed by atoms with Gasteiger partial charge in [-0.05, 0) is 31.0 Å². The molecule has 0 spiro atoms. The molecule has 0 atom stereocenters. The summed E-state index contributed by atoms with van der Waals surface area (Å²) in [5, 5.41) is 0. The number of benzene rings is 1. The van der Waals surface area contributed by atoms with Crippen molar-refractivity contribution in [1.29, 1.82) is 0 Å². The van der Waals surface area contributed by atoms with Gasteiger partial charge in [-0.3, -0.25) is 0 Å². The van der Waals surface area contributed by atoms with E-state index in [0.717, 1.165) is 31.6 Å². The summed E-state index contributed by atoms with van der Waals surface area (Å²) in [7, 11) is 3.12. The van der Waals surface area contributed by atoms with E-state index >= 15 is 0 Å². The van der Waals surface area contributed by atoms with Crippen molar-refractivity contribution in [2.24, 2.45) is 0 Å². The molecule has 19 heavy (non-hydrogen) atoms. The Morgan fingerprint density at radius 1 is 1.32 bits per heavy atom. The lowest BCUT2D eigenvalue weighted by molar-refractivity contribution is 0.0600. The number of piperidine rings is 1. The van der Waals surface area contributed by atoms with Gasteiger partial charge in [0, 0.05) is 20.2 Å². The summed E-state index contributed by atoms with van der Waals surface area (Å²) in [5.74, 6) is -0.340. The van der Waals surface area contributed by atoms with E-state index in [1.54, 1.807) is 25.3 Å². The Bertz CT molecular complexity index is 454. The zero-order valence-corrected chi connectivity index (χ0v) is 11.4. The van der Waals surface area contributed by atoms with Crippen molar-refractivity contribution in [1.82, 2.24) is 0 Å². The fraction of sp³-hybridized carbons (Fsp3) is 0.500. The number of anilines is 2. The van der Waals surface area contributed by atoms with Gasteiger partial charge >= 0.3 is 5.97 Å². The van der Waals surface area contributed by atoms with Crippen LogP contribution in [0.3, 0.4) is 0 Å². The molecule has 2 rings (SSSR count). The number of carbonyl (C=O) groups excluding carboxylic acids is 1. The first-order chi connectivity index (χ1) is 9.15. The SMILES string of the molecule is COC(=O)c1ccc(N)c(N2CCC(OC)CC2)c1. The quantitative estimate of drug-likeness (QED) is 0.664. The molecule has 1 aromatic carbocycles. The van der Waals surface area contributed by atoms with Gasteiger partial charge in [-0.25, -0.2) is 4.79 Å². The van der Waals surface area contributed by atoms with Crippen LogP contribution in [-0.2, 0) is 9.47 Å². The summed E-state index contributed by atoms with van der Waals surface area (Å²) in [6.45, 7) is 1.76. The van der Waals surface area contributed by atoms with Gasteiger partial charge in [-0.15, -0.1) is 0 Å². The standard InChI is InChI=1S/C14H20N2O3/c1-18-11-5-7-16(8-6-11)13-9-10(14(17)19-2)3-4-12(13)15/h3-4,9,11H,5-8,15H2,1-2H3. The lowest BCUT2D eigenvalue weighted by Gasteiger charge is -2.33. The van der Waals surface area contributed by atoms with Crippen molar-refractivity contribution >= 4 is 17.3 Å². The molecule has 1 aliphatic rings. The average molecular weight is 264 g/mol. The van der Waals surface area contributed by atoms with Crippen LogP contribution in [0.1, 0.15) is 23.2 Å². The van der Waals surface area contributed by atoms with Crippen LogP contribution in [0, 0.1) is 0 Å². The topological polar surface area (TPSA) is 64.8 Å². The first-order valence-corrected chi connectivity index (χ1v) is 6.41. The van der Waals surface area contributed by atoms with Crippen LogP contribution in [0.25, 0.3) is 0 Å². The van der Waals surface area contributed by atoms with Gasteiger partial charge in [0.05, 0.1) is 30.2 Å². The van der Waals surface area contributed by atoms with E-state index in [1.165, 1.54) is 7.11 Å². The zero-order valence-electron chi connectivity index (χ0n) is 11.4. The van der Waals surface area contributed by atoms with Crippen LogP contribution in [-0.4, -0.2) is 39.4 Å². The third kappa shape index (κ3) is 2.98. The Labute approximate surface area is 113 Å². The summed E-state index contributed by atoms with van der Waals surface area (Å²) in [4.78, 5) is 13.7. The van der Waals surface area contributed by atoms with E-state index in [1.807, 2.05) is 0 Å². The van der Waals surface area contributed by atoms with Crippen molar-refractivity contribution in [3.05, 3.63) is 23.8 Å². The molecule has 2 N–H and O–H groups in total. The van der Waals surface area contributed by atoms with E-state index in [-0.39, 0.29) is 5.97 Å². The molecule has 0 saturated carbocycles. The number of nitrogens with zero attached hydrogens (tertiary/aromatic N) is 1. The highest BCUT2D eigenvalue weighted by atomic mass is 16.5. The van der Waals surface area contributed by atoms with Gasteiger partial charge < -0.3 is 20.1 Å². The molecule has 1 heterocycles. The normalized spacial score (nSPS) is 16.4. The number of methoxy groups -OCH3 is 2. The molecule has 0 aromatic heterocycles. The zero-order chi connectivity index (χ0) is 13.8. The smallest absolute Gasteiger partial charge is 0.337 e. The Balaban J connectivity index is 2.17.